The Morgan fingerprint density at radius 2 is 1.59 bits per heavy atom. The van der Waals surface area contributed by atoms with Crippen LogP contribution in [0.4, 0.5) is 19.1 Å². The van der Waals surface area contributed by atoms with Gasteiger partial charge in [0.25, 0.3) is 0 Å². The van der Waals surface area contributed by atoms with Crippen LogP contribution in [-0.4, -0.2) is 21.7 Å². The van der Waals surface area contributed by atoms with Crippen LogP contribution in [0.5, 0.6) is 0 Å². The molecule has 3 N–H and O–H groups in total. The van der Waals surface area contributed by atoms with E-state index in [1.165, 1.54) is 24.5 Å². The van der Waals surface area contributed by atoms with Crippen LogP contribution in [0.15, 0.2) is 60.9 Å². The fraction of sp³-hybridized carbons (Fsp3) is 0.100. The van der Waals surface area contributed by atoms with Gasteiger partial charge in [-0.2, -0.15) is 13.2 Å². The number of carbonyl (C=O) groups is 2. The highest BCUT2D eigenvalue weighted by molar-refractivity contribution is 6.08. The summed E-state index contributed by atoms with van der Waals surface area (Å²) in [6.45, 7) is 0.361. The quantitative estimate of drug-likeness (QED) is 0.618. The molecule has 0 bridgehead atoms. The molecule has 6 nitrogen and oxygen atoms in total. The standard InChI is InChI=1S/C20H15F3N4O2/c21-20(22,23)16-3-1-2-14(8-16)17(28)15-10-26-19(27-11-15)25-9-12-4-6-13(7-5-12)18(24)29/h1-8,10-11H,9H2,(H2,24,29)(H,25,26,27). The predicted octanol–water partition coefficient (Wildman–Crippen LogP) is 3.44. The largest absolute Gasteiger partial charge is 0.416 e. The number of anilines is 1. The van der Waals surface area contributed by atoms with Crippen molar-refractivity contribution in [1.29, 1.82) is 0 Å². The number of ketones is 1. The lowest BCUT2D eigenvalue weighted by molar-refractivity contribution is -0.137. The number of hydrogen-bond donors (Lipinski definition) is 2. The molecule has 3 rings (SSSR count). The Kier molecular flexibility index (Phi) is 5.58. The Balaban J connectivity index is 1.67. The van der Waals surface area contributed by atoms with Crippen molar-refractivity contribution < 1.29 is 22.8 Å². The highest BCUT2D eigenvalue weighted by Crippen LogP contribution is 2.30. The molecule has 3 aromatic rings. The molecule has 0 fully saturated rings. The number of alkyl halides is 3. The summed E-state index contributed by atoms with van der Waals surface area (Å²) in [6, 6.07) is 10.8. The second kappa shape index (κ2) is 8.09. The van der Waals surface area contributed by atoms with Gasteiger partial charge in [0.05, 0.1) is 11.1 Å². The summed E-state index contributed by atoms with van der Waals surface area (Å²) in [7, 11) is 0. The van der Waals surface area contributed by atoms with E-state index in [4.69, 9.17) is 5.73 Å². The van der Waals surface area contributed by atoms with Gasteiger partial charge in [-0.25, -0.2) is 9.97 Å². The van der Waals surface area contributed by atoms with E-state index in [1.54, 1.807) is 24.3 Å². The first-order chi connectivity index (χ1) is 13.7. The number of benzene rings is 2. The number of nitrogens with zero attached hydrogens (tertiary/aromatic N) is 2. The average Bonchev–Trinajstić information content (AvgIpc) is 2.72. The zero-order valence-electron chi connectivity index (χ0n) is 14.9. The van der Waals surface area contributed by atoms with E-state index in [2.05, 4.69) is 15.3 Å². The number of rotatable bonds is 6. The normalized spacial score (nSPS) is 11.1. The van der Waals surface area contributed by atoms with Crippen molar-refractivity contribution in [2.75, 3.05) is 5.32 Å². The lowest BCUT2D eigenvalue weighted by Crippen LogP contribution is -2.11. The summed E-state index contributed by atoms with van der Waals surface area (Å²) < 4.78 is 38.4. The SMILES string of the molecule is NC(=O)c1ccc(CNc2ncc(C(=O)c3cccc(C(F)(F)F)c3)cn2)cc1. The third kappa shape index (κ3) is 4.95. The van der Waals surface area contributed by atoms with E-state index in [0.717, 1.165) is 17.7 Å². The van der Waals surface area contributed by atoms with Crippen molar-refractivity contribution in [1.82, 2.24) is 9.97 Å². The number of nitrogens with two attached hydrogens (primary N) is 1. The number of hydrogen-bond acceptors (Lipinski definition) is 5. The van der Waals surface area contributed by atoms with E-state index in [1.807, 2.05) is 0 Å². The van der Waals surface area contributed by atoms with Crippen LogP contribution >= 0.6 is 0 Å². The molecule has 0 atom stereocenters. The zero-order chi connectivity index (χ0) is 21.0. The first kappa shape index (κ1) is 20.0. The van der Waals surface area contributed by atoms with Gasteiger partial charge in [0.1, 0.15) is 0 Å². The smallest absolute Gasteiger partial charge is 0.366 e. The number of carbonyl (C=O) groups excluding carboxylic acids is 2. The Bertz CT molecular complexity index is 1030. The van der Waals surface area contributed by atoms with Crippen LogP contribution < -0.4 is 11.1 Å². The summed E-state index contributed by atoms with van der Waals surface area (Å²) in [4.78, 5) is 31.5. The van der Waals surface area contributed by atoms with Gasteiger partial charge >= 0.3 is 6.18 Å². The van der Waals surface area contributed by atoms with Gasteiger partial charge in [-0.3, -0.25) is 9.59 Å². The van der Waals surface area contributed by atoms with Crippen LogP contribution in [0, 0.1) is 0 Å². The number of aromatic nitrogens is 2. The minimum Gasteiger partial charge on any atom is -0.366 e. The average molecular weight is 400 g/mol. The van der Waals surface area contributed by atoms with Gasteiger partial charge in [0.15, 0.2) is 5.78 Å². The molecule has 0 saturated heterocycles. The summed E-state index contributed by atoms with van der Waals surface area (Å²) in [5, 5.41) is 2.95. The van der Waals surface area contributed by atoms with Crippen LogP contribution in [0.3, 0.4) is 0 Å². The Labute approximate surface area is 163 Å². The maximum atomic E-state index is 12.8. The monoisotopic (exact) mass is 400 g/mol. The molecule has 1 aromatic heterocycles. The third-order valence-electron chi connectivity index (χ3n) is 4.06. The molecule has 1 heterocycles. The molecular weight excluding hydrogens is 385 g/mol. The van der Waals surface area contributed by atoms with E-state index in [-0.39, 0.29) is 17.1 Å². The van der Waals surface area contributed by atoms with Crippen molar-refractivity contribution in [2.45, 2.75) is 12.7 Å². The topological polar surface area (TPSA) is 98.0 Å². The van der Waals surface area contributed by atoms with E-state index >= 15 is 0 Å². The third-order valence-corrected chi connectivity index (χ3v) is 4.06. The van der Waals surface area contributed by atoms with Gasteiger partial charge < -0.3 is 11.1 Å². The Morgan fingerprint density at radius 3 is 2.17 bits per heavy atom. The minimum absolute atomic E-state index is 0.0701. The van der Waals surface area contributed by atoms with Crippen LogP contribution in [-0.2, 0) is 12.7 Å². The maximum absolute atomic E-state index is 12.8. The predicted molar refractivity (Wildman–Crippen MR) is 99.2 cm³/mol. The minimum atomic E-state index is -4.53. The fourth-order valence-corrected chi connectivity index (χ4v) is 2.51. The molecule has 1 amide bonds. The molecule has 29 heavy (non-hydrogen) atoms. The molecule has 0 aliphatic rings. The summed E-state index contributed by atoms with van der Waals surface area (Å²) in [5.41, 5.74) is 5.50. The summed E-state index contributed by atoms with van der Waals surface area (Å²) in [5.74, 6) is -0.886. The first-order valence-corrected chi connectivity index (χ1v) is 8.40. The number of nitrogens with one attached hydrogen (secondary N) is 1. The van der Waals surface area contributed by atoms with Gasteiger partial charge in [-0.05, 0) is 29.8 Å². The number of primary amides is 1. The van der Waals surface area contributed by atoms with Crippen LogP contribution in [0.2, 0.25) is 0 Å². The molecule has 0 saturated carbocycles. The maximum Gasteiger partial charge on any atom is 0.416 e. The molecule has 0 aliphatic heterocycles. The lowest BCUT2D eigenvalue weighted by atomic mass is 10.0. The molecule has 148 valence electrons. The van der Waals surface area contributed by atoms with Crippen LogP contribution in [0.25, 0.3) is 0 Å². The molecule has 9 heteroatoms. The van der Waals surface area contributed by atoms with E-state index in [9.17, 15) is 22.8 Å². The van der Waals surface area contributed by atoms with E-state index in [0.29, 0.717) is 12.1 Å². The van der Waals surface area contributed by atoms with Crippen molar-refractivity contribution in [3.05, 3.63) is 88.7 Å². The number of halogens is 3. The summed E-state index contributed by atoms with van der Waals surface area (Å²) >= 11 is 0. The van der Waals surface area contributed by atoms with Gasteiger partial charge in [-0.15, -0.1) is 0 Å². The molecule has 0 radical (unpaired) electrons. The molecule has 0 spiro atoms. The summed E-state index contributed by atoms with van der Waals surface area (Å²) in [6.07, 6.45) is -2.04. The van der Waals surface area contributed by atoms with Crippen molar-refractivity contribution in [3.63, 3.8) is 0 Å². The molecule has 0 aliphatic carbocycles. The van der Waals surface area contributed by atoms with E-state index < -0.39 is 23.4 Å². The highest BCUT2D eigenvalue weighted by Gasteiger charge is 2.31. The van der Waals surface area contributed by atoms with Gasteiger partial charge in [-0.1, -0.05) is 24.3 Å². The zero-order valence-corrected chi connectivity index (χ0v) is 14.9. The van der Waals surface area contributed by atoms with Gasteiger partial charge in [0.2, 0.25) is 11.9 Å². The van der Waals surface area contributed by atoms with Gasteiger partial charge in [0, 0.05) is 30.1 Å². The highest BCUT2D eigenvalue weighted by atomic mass is 19.4. The lowest BCUT2D eigenvalue weighted by Gasteiger charge is -2.08. The first-order valence-electron chi connectivity index (χ1n) is 8.40. The van der Waals surface area contributed by atoms with Crippen LogP contribution in [0.1, 0.15) is 37.4 Å². The molecule has 2 aromatic carbocycles. The Morgan fingerprint density at radius 1 is 0.931 bits per heavy atom. The number of amides is 1. The van der Waals surface area contributed by atoms with Crippen molar-refractivity contribution in [3.8, 4) is 0 Å². The molecular formula is C20H15F3N4O2. The molecule has 0 unspecified atom stereocenters. The fourth-order valence-electron chi connectivity index (χ4n) is 2.51. The second-order valence-electron chi connectivity index (χ2n) is 6.12. The second-order valence-corrected chi connectivity index (χ2v) is 6.12. The van der Waals surface area contributed by atoms with Crippen molar-refractivity contribution in [2.24, 2.45) is 5.73 Å². The van der Waals surface area contributed by atoms with Crippen molar-refractivity contribution >= 4 is 17.6 Å². The Hall–Kier alpha value is -3.75.